The first-order valence-electron chi connectivity index (χ1n) is 9.61. The molecule has 1 amide bonds. The first kappa shape index (κ1) is 20.6. The number of hydrogen-bond donors (Lipinski definition) is 2. The fourth-order valence-electron chi connectivity index (χ4n) is 4.06. The molecule has 2 aromatic rings. The van der Waals surface area contributed by atoms with Crippen molar-refractivity contribution in [3.8, 4) is 0 Å². The van der Waals surface area contributed by atoms with Gasteiger partial charge in [0.1, 0.15) is 5.82 Å². The maximum atomic E-state index is 13.3. The van der Waals surface area contributed by atoms with Crippen LogP contribution in [0.25, 0.3) is 0 Å². The largest absolute Gasteiger partial charge is 0.362 e. The molecule has 0 spiro atoms. The zero-order chi connectivity index (χ0) is 21.4. The second-order valence-electron chi connectivity index (χ2n) is 7.39. The van der Waals surface area contributed by atoms with Gasteiger partial charge in [0.15, 0.2) is 5.78 Å². The summed E-state index contributed by atoms with van der Waals surface area (Å²) in [6, 6.07) is 10.6. The molecule has 0 unspecified atom stereocenters. The molecule has 0 saturated carbocycles. The first-order chi connectivity index (χ1) is 14.3. The summed E-state index contributed by atoms with van der Waals surface area (Å²) in [5.41, 5.74) is 3.56. The van der Waals surface area contributed by atoms with E-state index < -0.39 is 11.7 Å². The number of anilines is 1. The van der Waals surface area contributed by atoms with E-state index in [2.05, 4.69) is 10.6 Å². The maximum absolute atomic E-state index is 13.3. The van der Waals surface area contributed by atoms with E-state index in [1.807, 2.05) is 0 Å². The Bertz CT molecular complexity index is 1110. The number of carbonyl (C=O) groups excluding carboxylic acids is 2. The van der Waals surface area contributed by atoms with Crippen LogP contribution in [0, 0.1) is 5.82 Å². The summed E-state index contributed by atoms with van der Waals surface area (Å²) in [5, 5.41) is 6.92. The van der Waals surface area contributed by atoms with Crippen LogP contribution in [0.3, 0.4) is 0 Å². The van der Waals surface area contributed by atoms with E-state index in [0.717, 1.165) is 18.5 Å². The molecule has 0 radical (unpaired) electrons. The number of amides is 1. The van der Waals surface area contributed by atoms with Crippen molar-refractivity contribution in [3.63, 3.8) is 0 Å². The molecule has 30 heavy (non-hydrogen) atoms. The van der Waals surface area contributed by atoms with Gasteiger partial charge in [-0.1, -0.05) is 29.3 Å². The van der Waals surface area contributed by atoms with Gasteiger partial charge in [0, 0.05) is 50.6 Å². The normalized spacial score (nSPS) is 18.8. The highest BCUT2D eigenvalue weighted by Gasteiger charge is 2.39. The zero-order valence-electron chi connectivity index (χ0n) is 16.2. The van der Waals surface area contributed by atoms with Crippen LogP contribution >= 0.6 is 23.2 Å². The summed E-state index contributed by atoms with van der Waals surface area (Å²) < 4.78 is 13.2. The Morgan fingerprint density at radius 2 is 1.87 bits per heavy atom. The Kier molecular flexibility index (Phi) is 5.67. The highest BCUT2D eigenvalue weighted by Crippen LogP contribution is 2.44. The highest BCUT2D eigenvalue weighted by atomic mass is 35.5. The van der Waals surface area contributed by atoms with E-state index >= 15 is 0 Å². The Hall–Kier alpha value is -2.63. The fourth-order valence-corrected chi connectivity index (χ4v) is 4.58. The molecule has 1 heterocycles. The second kappa shape index (κ2) is 8.25. The third kappa shape index (κ3) is 3.87. The molecule has 1 aliphatic heterocycles. The van der Waals surface area contributed by atoms with Crippen molar-refractivity contribution in [2.24, 2.45) is 0 Å². The number of rotatable bonds is 3. The van der Waals surface area contributed by atoms with Gasteiger partial charge in [-0.3, -0.25) is 9.59 Å². The molecule has 1 aliphatic carbocycles. The lowest BCUT2D eigenvalue weighted by Crippen LogP contribution is -2.35. The lowest BCUT2D eigenvalue weighted by Gasteiger charge is -2.35. The van der Waals surface area contributed by atoms with Gasteiger partial charge in [0.2, 0.25) is 0 Å². The van der Waals surface area contributed by atoms with Crippen LogP contribution in [-0.2, 0) is 9.59 Å². The first-order valence-corrected chi connectivity index (χ1v) is 10.4. The lowest BCUT2D eigenvalue weighted by atomic mass is 9.75. The standard InChI is InChI=1S/C23H19Cl2FN2O2/c1-12-20(23(30)28-15-8-6-14(26)7-9-15)21(16-10-5-13(24)11-17(16)25)22-18(27-12)3-2-4-19(22)29/h5-11,21,27H,2-4H2,1H3,(H,28,30)/t21-/m0/s1. The van der Waals surface area contributed by atoms with Crippen LogP contribution in [0.1, 0.15) is 37.7 Å². The molecular weight excluding hydrogens is 426 g/mol. The second-order valence-corrected chi connectivity index (χ2v) is 8.24. The monoisotopic (exact) mass is 444 g/mol. The summed E-state index contributed by atoms with van der Waals surface area (Å²) in [4.78, 5) is 26.2. The van der Waals surface area contributed by atoms with Crippen molar-refractivity contribution < 1.29 is 14.0 Å². The lowest BCUT2D eigenvalue weighted by molar-refractivity contribution is -0.116. The van der Waals surface area contributed by atoms with Crippen molar-refractivity contribution >= 4 is 40.6 Å². The van der Waals surface area contributed by atoms with Gasteiger partial charge in [-0.15, -0.1) is 0 Å². The number of nitrogens with one attached hydrogen (secondary N) is 2. The summed E-state index contributed by atoms with van der Waals surface area (Å²) in [6.45, 7) is 1.80. The summed E-state index contributed by atoms with van der Waals surface area (Å²) in [6.07, 6.45) is 1.91. The number of carbonyl (C=O) groups is 2. The van der Waals surface area contributed by atoms with E-state index in [0.29, 0.717) is 44.6 Å². The number of ketones is 1. The topological polar surface area (TPSA) is 58.2 Å². The molecule has 2 aliphatic rings. The zero-order valence-corrected chi connectivity index (χ0v) is 17.7. The van der Waals surface area contributed by atoms with Crippen LogP contribution in [-0.4, -0.2) is 11.7 Å². The molecule has 2 N–H and O–H groups in total. The van der Waals surface area contributed by atoms with E-state index in [-0.39, 0.29) is 11.7 Å². The van der Waals surface area contributed by atoms with E-state index in [1.54, 1.807) is 25.1 Å². The molecule has 0 aromatic heterocycles. The molecule has 0 saturated heterocycles. The quantitative estimate of drug-likeness (QED) is 0.634. The van der Waals surface area contributed by atoms with Crippen LogP contribution in [0.2, 0.25) is 10.0 Å². The third-order valence-electron chi connectivity index (χ3n) is 5.40. The Morgan fingerprint density at radius 3 is 2.57 bits per heavy atom. The number of hydrogen-bond acceptors (Lipinski definition) is 3. The smallest absolute Gasteiger partial charge is 0.254 e. The van der Waals surface area contributed by atoms with Crippen molar-refractivity contribution in [3.05, 3.63) is 86.4 Å². The third-order valence-corrected chi connectivity index (χ3v) is 5.96. The molecule has 2 aromatic carbocycles. The van der Waals surface area contributed by atoms with Crippen LogP contribution in [0.4, 0.5) is 10.1 Å². The average molecular weight is 445 g/mol. The van der Waals surface area contributed by atoms with Crippen molar-refractivity contribution in [1.82, 2.24) is 5.32 Å². The minimum absolute atomic E-state index is 0.000603. The van der Waals surface area contributed by atoms with E-state index in [9.17, 15) is 14.0 Å². The van der Waals surface area contributed by atoms with Gasteiger partial charge >= 0.3 is 0 Å². The van der Waals surface area contributed by atoms with Gasteiger partial charge in [0.25, 0.3) is 5.91 Å². The van der Waals surface area contributed by atoms with Crippen molar-refractivity contribution in [2.45, 2.75) is 32.1 Å². The van der Waals surface area contributed by atoms with Crippen LogP contribution in [0.5, 0.6) is 0 Å². The van der Waals surface area contributed by atoms with Gasteiger partial charge in [0.05, 0.1) is 0 Å². The van der Waals surface area contributed by atoms with Gasteiger partial charge in [-0.2, -0.15) is 0 Å². The number of benzene rings is 2. The van der Waals surface area contributed by atoms with Gasteiger partial charge < -0.3 is 10.6 Å². The Balaban J connectivity index is 1.81. The van der Waals surface area contributed by atoms with Crippen LogP contribution in [0.15, 0.2) is 65.0 Å². The molecule has 0 fully saturated rings. The number of Topliss-reactive ketones (excluding diaryl/α,β-unsaturated/α-hetero) is 1. The fraction of sp³-hybridized carbons (Fsp3) is 0.217. The predicted octanol–water partition coefficient (Wildman–Crippen LogP) is 5.74. The average Bonchev–Trinajstić information content (AvgIpc) is 2.69. The highest BCUT2D eigenvalue weighted by molar-refractivity contribution is 6.35. The summed E-state index contributed by atoms with van der Waals surface area (Å²) in [7, 11) is 0. The molecule has 4 rings (SSSR count). The molecule has 4 nitrogen and oxygen atoms in total. The van der Waals surface area contributed by atoms with Crippen molar-refractivity contribution in [2.75, 3.05) is 5.32 Å². The molecule has 7 heteroatoms. The molecular formula is C23H19Cl2FN2O2. The van der Waals surface area contributed by atoms with E-state index in [4.69, 9.17) is 23.2 Å². The number of dihydropyridines is 1. The predicted molar refractivity (Wildman–Crippen MR) is 116 cm³/mol. The van der Waals surface area contributed by atoms with Gasteiger partial charge in [-0.25, -0.2) is 4.39 Å². The Labute approximate surface area is 183 Å². The Morgan fingerprint density at radius 1 is 1.13 bits per heavy atom. The minimum atomic E-state index is -0.612. The molecule has 154 valence electrons. The maximum Gasteiger partial charge on any atom is 0.254 e. The summed E-state index contributed by atoms with van der Waals surface area (Å²) >= 11 is 12.6. The molecule has 0 bridgehead atoms. The van der Waals surface area contributed by atoms with E-state index in [1.165, 1.54) is 24.3 Å². The number of halogens is 3. The molecule has 1 atom stereocenters. The van der Waals surface area contributed by atoms with Crippen molar-refractivity contribution in [1.29, 1.82) is 0 Å². The van der Waals surface area contributed by atoms with Gasteiger partial charge in [-0.05, 0) is 61.7 Å². The number of allylic oxidation sites excluding steroid dienone is 3. The summed E-state index contributed by atoms with van der Waals surface area (Å²) in [5.74, 6) is -1.39. The minimum Gasteiger partial charge on any atom is -0.362 e. The SMILES string of the molecule is CC1=C(C(=O)Nc2ccc(F)cc2)[C@H](c2ccc(Cl)cc2Cl)C2=C(CCCC2=O)N1. The van der Waals surface area contributed by atoms with Crippen LogP contribution < -0.4 is 10.6 Å².